The zero-order chi connectivity index (χ0) is 67.6. The van der Waals surface area contributed by atoms with Crippen LogP contribution in [-0.4, -0.2) is 172 Å². The minimum Gasteiger partial charge on any atom is -0.508 e. The van der Waals surface area contributed by atoms with Crippen molar-refractivity contribution in [1.29, 1.82) is 0 Å². The lowest BCUT2D eigenvalue weighted by molar-refractivity contribution is -0.142. The molecule has 1 heterocycles. The molecule has 1 aliphatic heterocycles. The van der Waals surface area contributed by atoms with E-state index in [9.17, 15) is 62.6 Å². The van der Waals surface area contributed by atoms with Crippen LogP contribution in [0.5, 0.6) is 5.75 Å². The summed E-state index contributed by atoms with van der Waals surface area (Å²) in [6.07, 6.45) is 1.32. The molecule has 9 atom stereocenters. The third kappa shape index (κ3) is 22.5. The standard InChI is InChI=1S/C64H86N12O14S2/c1-7-27-91-34-49(74-64(89)90-33-44-42-17-12-10-15-40(42)41-16-11-13-18-43(41)44)60(85)70-47(30-38-20-22-39(77)23-21-38)59(84)75-55(37(6)9-3)62(87)69-45(24-25-52(65)78)57(82)71-48(31-53(66)79)58(83)73-50(35-92-28-8-2)63(88)76-26-14-19-51(76)61(86)72-46(29-36(4)5)56(81)68-32-54(67)80/h7-8,10-13,15-18,20-23,36-37,44-51,55,77H,1-2,9,14,19,24-35H2,3-6H3,(H2,65,78)(H2,66,79)(H2,67,80)(H,68,81)(H,69,87)(H,70,85)(H,71,82)(H,72,86)(H,73,83)(H,74,89)(H,75,84)/t37-,45-,46-,47-,48-,49-,50-,51-,55-/m0/s1. The number of nitrogens with zero attached hydrogens (tertiary/aromatic N) is 1. The van der Waals surface area contributed by atoms with Gasteiger partial charge in [-0.2, -0.15) is 23.5 Å². The number of carbonyl (C=O) groups excluding carboxylic acids is 12. The minimum absolute atomic E-state index is 0.0165. The summed E-state index contributed by atoms with van der Waals surface area (Å²) in [5, 5.41) is 30.9. The molecule has 12 amide bonds. The van der Waals surface area contributed by atoms with Gasteiger partial charge in [0.15, 0.2) is 0 Å². The number of carbonyl (C=O) groups is 12. The second kappa shape index (κ2) is 36.8. The lowest BCUT2D eigenvalue weighted by Crippen LogP contribution is -2.61. The fourth-order valence-electron chi connectivity index (χ4n) is 10.5. The summed E-state index contributed by atoms with van der Waals surface area (Å²) in [6.45, 7) is 14.0. The molecule has 15 N–H and O–H groups in total. The van der Waals surface area contributed by atoms with Crippen molar-refractivity contribution in [2.45, 2.75) is 133 Å². The molecule has 0 spiro atoms. The van der Waals surface area contributed by atoms with Gasteiger partial charge in [-0.1, -0.05) is 107 Å². The number of aromatic hydroxyl groups is 1. The molecule has 5 rings (SSSR count). The lowest BCUT2D eigenvalue weighted by atomic mass is 9.96. The number of alkyl carbamates (subject to hydrolysis) is 1. The SMILES string of the molecule is C=CCSC[C@H](NC(=O)OCC1c2ccccc2-c2ccccc21)C(=O)N[C@@H](Cc1ccc(O)cc1)C(=O)N[C@H](C(=O)N[C@@H](CCC(N)=O)C(=O)N[C@@H](CC(N)=O)C(=O)N[C@@H](CSCC=C)C(=O)N1CCC[C@H]1C(=O)N[C@@H](CC(C)C)C(=O)NCC(N)=O)[C@@H](C)CC. The molecular formula is C64H86N12O14S2. The van der Waals surface area contributed by atoms with Crippen molar-refractivity contribution in [3.63, 3.8) is 0 Å². The number of likely N-dealkylation sites (tertiary alicyclic amines) is 1. The average molecular weight is 1310 g/mol. The van der Waals surface area contributed by atoms with Gasteiger partial charge in [-0.15, -0.1) is 13.2 Å². The highest BCUT2D eigenvalue weighted by Gasteiger charge is 2.41. The van der Waals surface area contributed by atoms with Crippen molar-refractivity contribution in [2.24, 2.45) is 29.0 Å². The zero-order valence-electron chi connectivity index (χ0n) is 52.2. The molecule has 1 fully saturated rings. The van der Waals surface area contributed by atoms with Gasteiger partial charge in [-0.3, -0.25) is 52.7 Å². The van der Waals surface area contributed by atoms with E-state index >= 15 is 0 Å². The predicted octanol–water partition coefficient (Wildman–Crippen LogP) is 1.41. The summed E-state index contributed by atoms with van der Waals surface area (Å²) in [5.41, 5.74) is 20.8. The van der Waals surface area contributed by atoms with Crippen LogP contribution in [0, 0.1) is 11.8 Å². The maximum absolute atomic E-state index is 14.7. The van der Waals surface area contributed by atoms with Crippen molar-refractivity contribution < 1.29 is 67.4 Å². The Bertz CT molecular complexity index is 3110. The second-order valence-corrected chi connectivity index (χ2v) is 25.1. The number of ether oxygens (including phenoxy) is 1. The molecule has 1 saturated heterocycles. The van der Waals surface area contributed by atoms with Crippen LogP contribution in [0.4, 0.5) is 4.79 Å². The Labute approximate surface area is 543 Å². The Balaban J connectivity index is 1.35. The first-order chi connectivity index (χ1) is 43.8. The Morgan fingerprint density at radius 1 is 0.641 bits per heavy atom. The zero-order valence-corrected chi connectivity index (χ0v) is 53.8. The van der Waals surface area contributed by atoms with Crippen molar-refractivity contribution in [2.75, 3.05) is 42.7 Å². The van der Waals surface area contributed by atoms with Crippen LogP contribution in [0.25, 0.3) is 11.1 Å². The maximum Gasteiger partial charge on any atom is 0.407 e. The molecule has 92 heavy (non-hydrogen) atoms. The van der Waals surface area contributed by atoms with E-state index in [1.54, 1.807) is 26.0 Å². The summed E-state index contributed by atoms with van der Waals surface area (Å²) >= 11 is 2.46. The van der Waals surface area contributed by atoms with E-state index in [2.05, 4.69) is 55.7 Å². The number of benzene rings is 3. The highest BCUT2D eigenvalue weighted by atomic mass is 32.2. The predicted molar refractivity (Wildman–Crippen MR) is 349 cm³/mol. The Kier molecular flexibility index (Phi) is 29.5. The molecule has 498 valence electrons. The van der Waals surface area contributed by atoms with Gasteiger partial charge in [-0.25, -0.2) is 4.79 Å². The highest BCUT2D eigenvalue weighted by Crippen LogP contribution is 2.44. The number of rotatable bonds is 38. The lowest BCUT2D eigenvalue weighted by Gasteiger charge is -2.31. The number of primary amides is 3. The smallest absolute Gasteiger partial charge is 0.407 e. The molecular weight excluding hydrogens is 1220 g/mol. The van der Waals surface area contributed by atoms with Crippen LogP contribution >= 0.6 is 23.5 Å². The molecule has 2 aliphatic rings. The van der Waals surface area contributed by atoms with Crippen molar-refractivity contribution in [1.82, 2.24) is 47.4 Å². The monoisotopic (exact) mass is 1310 g/mol. The van der Waals surface area contributed by atoms with Crippen molar-refractivity contribution in [3.05, 3.63) is 115 Å². The fraction of sp³-hybridized carbons (Fsp3) is 0.469. The maximum atomic E-state index is 14.7. The highest BCUT2D eigenvalue weighted by molar-refractivity contribution is 7.99. The normalized spacial score (nSPS) is 15.8. The summed E-state index contributed by atoms with van der Waals surface area (Å²) in [6, 6.07) is 10.2. The van der Waals surface area contributed by atoms with Crippen LogP contribution in [0.3, 0.4) is 0 Å². The molecule has 0 bridgehead atoms. The van der Waals surface area contributed by atoms with E-state index in [1.165, 1.54) is 52.7 Å². The van der Waals surface area contributed by atoms with Crippen molar-refractivity contribution >= 4 is 94.6 Å². The van der Waals surface area contributed by atoms with Gasteiger partial charge in [0.05, 0.1) is 13.0 Å². The summed E-state index contributed by atoms with van der Waals surface area (Å²) < 4.78 is 5.78. The molecule has 0 saturated carbocycles. The van der Waals surface area contributed by atoms with E-state index in [0.29, 0.717) is 23.5 Å². The van der Waals surface area contributed by atoms with E-state index in [-0.39, 0.29) is 67.9 Å². The van der Waals surface area contributed by atoms with E-state index in [0.717, 1.165) is 22.3 Å². The van der Waals surface area contributed by atoms with Crippen molar-refractivity contribution in [3.8, 4) is 16.9 Å². The topological polar surface area (TPSA) is 412 Å². The Morgan fingerprint density at radius 2 is 1.20 bits per heavy atom. The molecule has 0 unspecified atom stereocenters. The van der Waals surface area contributed by atoms with Crippen LogP contribution < -0.4 is 59.7 Å². The number of amides is 12. The number of thioether (sulfide) groups is 2. The van der Waals surface area contributed by atoms with Gasteiger partial charge >= 0.3 is 6.09 Å². The van der Waals surface area contributed by atoms with Gasteiger partial charge < -0.3 is 74.5 Å². The summed E-state index contributed by atoms with van der Waals surface area (Å²) in [5.74, 6) is -10.1. The number of fused-ring (bicyclic) bond motifs is 3. The first kappa shape index (κ1) is 73.8. The molecule has 28 heteroatoms. The molecule has 3 aromatic carbocycles. The number of nitrogens with two attached hydrogens (primary N) is 3. The largest absolute Gasteiger partial charge is 0.508 e. The Hall–Kier alpha value is -8.92. The minimum atomic E-state index is -1.80. The number of hydrogen-bond donors (Lipinski definition) is 12. The average Bonchev–Trinajstić information content (AvgIpc) is 1.63. The molecule has 26 nitrogen and oxygen atoms in total. The Morgan fingerprint density at radius 3 is 1.77 bits per heavy atom. The number of nitrogens with one attached hydrogen (secondary N) is 8. The quantitative estimate of drug-likeness (QED) is 0.0285. The first-order valence-electron chi connectivity index (χ1n) is 30.4. The van der Waals surface area contributed by atoms with Crippen LogP contribution in [0.1, 0.15) is 95.2 Å². The number of hydrogen-bond acceptors (Lipinski definition) is 16. The van der Waals surface area contributed by atoms with Crippen LogP contribution in [0.15, 0.2) is 98.1 Å². The summed E-state index contributed by atoms with van der Waals surface area (Å²) in [7, 11) is 0. The van der Waals surface area contributed by atoms with E-state index in [4.69, 9.17) is 21.9 Å². The molecule has 0 aromatic heterocycles. The molecule has 3 aromatic rings. The second-order valence-electron chi connectivity index (χ2n) is 22.9. The van der Waals surface area contributed by atoms with Crippen LogP contribution in [-0.2, 0) is 63.9 Å². The number of phenolic OH excluding ortho intramolecular Hbond substituents is 1. The third-order valence-electron chi connectivity index (χ3n) is 15.4. The third-order valence-corrected chi connectivity index (χ3v) is 17.5. The van der Waals surface area contributed by atoms with Gasteiger partial charge in [0.1, 0.15) is 60.7 Å². The molecule has 0 radical (unpaired) electrons. The fourth-order valence-corrected chi connectivity index (χ4v) is 12.1. The van der Waals surface area contributed by atoms with Gasteiger partial charge in [0, 0.05) is 48.3 Å². The molecule has 1 aliphatic carbocycles. The van der Waals surface area contributed by atoms with Gasteiger partial charge in [-0.05, 0) is 77.5 Å². The van der Waals surface area contributed by atoms with Crippen LogP contribution in [0.2, 0.25) is 0 Å². The van der Waals surface area contributed by atoms with E-state index < -0.39 is 151 Å². The summed E-state index contributed by atoms with van der Waals surface area (Å²) in [4.78, 5) is 165. The van der Waals surface area contributed by atoms with E-state index in [1.807, 2.05) is 62.4 Å². The first-order valence-corrected chi connectivity index (χ1v) is 32.7. The number of phenols is 1. The van der Waals surface area contributed by atoms with Gasteiger partial charge in [0.25, 0.3) is 0 Å². The van der Waals surface area contributed by atoms with Gasteiger partial charge in [0.2, 0.25) is 65.0 Å².